The van der Waals surface area contributed by atoms with E-state index in [0.717, 1.165) is 11.1 Å². The van der Waals surface area contributed by atoms with Crippen LogP contribution >= 0.6 is 12.4 Å². The van der Waals surface area contributed by atoms with Crippen LogP contribution in [0.25, 0.3) is 11.3 Å². The quantitative estimate of drug-likeness (QED) is 0.679. The van der Waals surface area contributed by atoms with Gasteiger partial charge in [-0.3, -0.25) is 4.79 Å². The Labute approximate surface area is 160 Å². The van der Waals surface area contributed by atoms with Crippen LogP contribution in [0.5, 0.6) is 0 Å². The Morgan fingerprint density at radius 2 is 1.73 bits per heavy atom. The fraction of sp³-hybridized carbons (Fsp3) is 0.474. The zero-order valence-corrected chi connectivity index (χ0v) is 16.3. The molecule has 1 aromatic carbocycles. The number of hydrogen-bond acceptors (Lipinski definition) is 5. The molecule has 0 aliphatic heterocycles. The molecule has 144 valence electrons. The Balaban J connectivity index is 0.00000338. The van der Waals surface area contributed by atoms with E-state index in [4.69, 9.17) is 5.73 Å². The molecule has 6 nitrogen and oxygen atoms in total. The van der Waals surface area contributed by atoms with E-state index >= 15 is 0 Å². The summed E-state index contributed by atoms with van der Waals surface area (Å²) in [6, 6.07) is 7.84. The number of aromatic nitrogens is 2. The van der Waals surface area contributed by atoms with Crippen LogP contribution in [0.4, 0.5) is 0 Å². The van der Waals surface area contributed by atoms with Crippen LogP contribution in [-0.4, -0.2) is 33.2 Å². The van der Waals surface area contributed by atoms with Crippen molar-refractivity contribution in [1.82, 2.24) is 9.78 Å². The molecule has 4 N–H and O–H groups in total. The lowest BCUT2D eigenvalue weighted by Gasteiger charge is -2.20. The average molecular weight is 382 g/mol. The molecule has 1 heterocycles. The first-order chi connectivity index (χ1) is 11.9. The number of aryl methyl sites for hydroxylation is 1. The molecule has 2 aromatic rings. The molecule has 0 aliphatic carbocycles. The Bertz CT molecular complexity index is 769. The van der Waals surface area contributed by atoms with Gasteiger partial charge in [-0.15, -0.1) is 12.4 Å². The van der Waals surface area contributed by atoms with Gasteiger partial charge >= 0.3 is 0 Å². The van der Waals surface area contributed by atoms with E-state index in [1.54, 1.807) is 0 Å². The predicted octanol–water partition coefficient (Wildman–Crippen LogP) is 1.82. The third-order valence-corrected chi connectivity index (χ3v) is 4.21. The minimum atomic E-state index is -0.670. The first-order valence-corrected chi connectivity index (χ1v) is 8.55. The fourth-order valence-electron chi connectivity index (χ4n) is 2.90. The highest BCUT2D eigenvalue weighted by molar-refractivity contribution is 5.85. The number of hydrogen-bond donors (Lipinski definition) is 3. The van der Waals surface area contributed by atoms with Gasteiger partial charge in [0, 0.05) is 35.7 Å². The largest absolute Gasteiger partial charge is 0.396 e. The second kappa shape index (κ2) is 9.83. The first kappa shape index (κ1) is 22.3. The van der Waals surface area contributed by atoms with Crippen LogP contribution in [0.3, 0.4) is 0 Å². The zero-order chi connectivity index (χ0) is 18.6. The SMILES string of the molecule is Cc1ccc(-c2nn(CC(C)C)c(=O)c(C(CO)CO)c2CN)cc1.Cl. The highest BCUT2D eigenvalue weighted by atomic mass is 35.5. The van der Waals surface area contributed by atoms with Crippen molar-refractivity contribution in [2.24, 2.45) is 11.7 Å². The van der Waals surface area contributed by atoms with Crippen molar-refractivity contribution < 1.29 is 10.2 Å². The van der Waals surface area contributed by atoms with Gasteiger partial charge < -0.3 is 15.9 Å². The van der Waals surface area contributed by atoms with Crippen LogP contribution in [0.1, 0.15) is 36.5 Å². The highest BCUT2D eigenvalue weighted by Gasteiger charge is 2.24. The maximum Gasteiger partial charge on any atom is 0.270 e. The van der Waals surface area contributed by atoms with Gasteiger partial charge in [0.15, 0.2) is 0 Å². The number of aliphatic hydroxyl groups excluding tert-OH is 2. The average Bonchev–Trinajstić information content (AvgIpc) is 2.59. The first-order valence-electron chi connectivity index (χ1n) is 8.55. The summed E-state index contributed by atoms with van der Waals surface area (Å²) in [4.78, 5) is 12.9. The van der Waals surface area contributed by atoms with Crippen molar-refractivity contribution in [1.29, 1.82) is 0 Å². The summed E-state index contributed by atoms with van der Waals surface area (Å²) in [5, 5.41) is 23.8. The molecule has 0 fully saturated rings. The summed E-state index contributed by atoms with van der Waals surface area (Å²) in [7, 11) is 0. The molecular formula is C19H28ClN3O3. The molecule has 2 rings (SSSR count). The van der Waals surface area contributed by atoms with Crippen LogP contribution in [0.2, 0.25) is 0 Å². The van der Waals surface area contributed by atoms with Crippen LogP contribution in [0, 0.1) is 12.8 Å². The Hall–Kier alpha value is -1.73. The lowest BCUT2D eigenvalue weighted by Crippen LogP contribution is -2.34. The molecule has 0 atom stereocenters. The number of rotatable bonds is 7. The van der Waals surface area contributed by atoms with E-state index in [2.05, 4.69) is 5.10 Å². The maximum atomic E-state index is 12.9. The summed E-state index contributed by atoms with van der Waals surface area (Å²) in [6.07, 6.45) is 0. The topological polar surface area (TPSA) is 101 Å². The molecule has 0 amide bonds. The molecule has 7 heteroatoms. The van der Waals surface area contributed by atoms with Crippen LogP contribution < -0.4 is 11.3 Å². The minimum Gasteiger partial charge on any atom is -0.396 e. The normalized spacial score (nSPS) is 11.1. The van der Waals surface area contributed by atoms with Gasteiger partial charge in [0.25, 0.3) is 5.56 Å². The highest BCUT2D eigenvalue weighted by Crippen LogP contribution is 2.26. The van der Waals surface area contributed by atoms with E-state index in [9.17, 15) is 15.0 Å². The summed E-state index contributed by atoms with van der Waals surface area (Å²) in [6.45, 7) is 5.94. The van der Waals surface area contributed by atoms with E-state index < -0.39 is 5.92 Å². The van der Waals surface area contributed by atoms with Gasteiger partial charge in [-0.1, -0.05) is 43.7 Å². The Kier molecular flexibility index (Phi) is 8.43. The van der Waals surface area contributed by atoms with Gasteiger partial charge in [-0.2, -0.15) is 5.10 Å². The summed E-state index contributed by atoms with van der Waals surface area (Å²) in [5.41, 5.74) is 9.20. The lowest BCUT2D eigenvalue weighted by atomic mass is 9.93. The van der Waals surface area contributed by atoms with Gasteiger partial charge in [-0.25, -0.2) is 4.68 Å². The molecule has 0 unspecified atom stereocenters. The van der Waals surface area contributed by atoms with Crippen LogP contribution in [-0.2, 0) is 13.1 Å². The number of benzene rings is 1. The second-order valence-corrected chi connectivity index (χ2v) is 6.75. The second-order valence-electron chi connectivity index (χ2n) is 6.75. The smallest absolute Gasteiger partial charge is 0.270 e. The molecule has 0 saturated heterocycles. The third kappa shape index (κ3) is 4.71. The number of nitrogens with zero attached hydrogens (tertiary/aromatic N) is 2. The standard InChI is InChI=1S/C19H27N3O3.ClH/c1-12(2)9-22-19(25)17(15(10-23)11-24)16(8-20)18(21-22)14-6-4-13(3)5-7-14;/h4-7,12,15,23-24H,8-11,20H2,1-3H3;1H. The zero-order valence-electron chi connectivity index (χ0n) is 15.5. The van der Waals surface area contributed by atoms with Crippen molar-refractivity contribution >= 4 is 12.4 Å². The molecule has 0 bridgehead atoms. The maximum absolute atomic E-state index is 12.9. The van der Waals surface area contributed by atoms with Crippen molar-refractivity contribution in [3.63, 3.8) is 0 Å². The van der Waals surface area contributed by atoms with Crippen molar-refractivity contribution in [2.45, 2.75) is 39.8 Å². The van der Waals surface area contributed by atoms with E-state index in [1.807, 2.05) is 45.0 Å². The van der Waals surface area contributed by atoms with Crippen molar-refractivity contribution in [2.75, 3.05) is 13.2 Å². The van der Waals surface area contributed by atoms with E-state index in [-0.39, 0.29) is 43.6 Å². The Morgan fingerprint density at radius 1 is 1.15 bits per heavy atom. The number of halogens is 1. The fourth-order valence-corrected chi connectivity index (χ4v) is 2.90. The van der Waals surface area contributed by atoms with E-state index in [1.165, 1.54) is 4.68 Å². The molecule has 26 heavy (non-hydrogen) atoms. The summed E-state index contributed by atoms with van der Waals surface area (Å²) < 4.78 is 1.42. The number of aliphatic hydroxyl groups is 2. The lowest BCUT2D eigenvalue weighted by molar-refractivity contribution is 0.190. The molecule has 0 saturated carbocycles. The molecule has 0 radical (unpaired) electrons. The summed E-state index contributed by atoms with van der Waals surface area (Å²) >= 11 is 0. The van der Waals surface area contributed by atoms with Crippen molar-refractivity contribution in [3.8, 4) is 11.3 Å². The Morgan fingerprint density at radius 3 is 2.19 bits per heavy atom. The minimum absolute atomic E-state index is 0. The van der Waals surface area contributed by atoms with Gasteiger partial charge in [-0.05, 0) is 12.8 Å². The molecule has 0 aliphatic rings. The predicted molar refractivity (Wildman–Crippen MR) is 106 cm³/mol. The monoisotopic (exact) mass is 381 g/mol. The van der Waals surface area contributed by atoms with Gasteiger partial charge in [0.2, 0.25) is 0 Å². The summed E-state index contributed by atoms with van der Waals surface area (Å²) in [5.74, 6) is -0.439. The number of nitrogens with two attached hydrogens (primary N) is 1. The van der Waals surface area contributed by atoms with Gasteiger partial charge in [0.05, 0.1) is 18.9 Å². The molecule has 0 spiro atoms. The van der Waals surface area contributed by atoms with Crippen LogP contribution in [0.15, 0.2) is 29.1 Å². The third-order valence-electron chi connectivity index (χ3n) is 4.21. The van der Waals surface area contributed by atoms with Crippen molar-refractivity contribution in [3.05, 3.63) is 51.3 Å². The van der Waals surface area contributed by atoms with E-state index in [0.29, 0.717) is 23.4 Å². The molecular weight excluding hydrogens is 354 g/mol. The molecule has 1 aromatic heterocycles. The van der Waals surface area contributed by atoms with Gasteiger partial charge in [0.1, 0.15) is 0 Å².